The molecule has 0 amide bonds. The van der Waals surface area contributed by atoms with E-state index in [0.717, 1.165) is 17.1 Å². The minimum Gasteiger partial charge on any atom is -0.310 e. The van der Waals surface area contributed by atoms with Gasteiger partial charge in [-0.3, -0.25) is 0 Å². The van der Waals surface area contributed by atoms with Gasteiger partial charge in [0.15, 0.2) is 0 Å². The molecule has 1 heterocycles. The lowest BCUT2D eigenvalue weighted by atomic mass is 9.95. The molecule has 2 heteroatoms. The maximum Gasteiger partial charge on any atom is 0.0540 e. The van der Waals surface area contributed by atoms with Gasteiger partial charge >= 0.3 is 0 Å². The van der Waals surface area contributed by atoms with Gasteiger partial charge in [0.05, 0.1) is 5.69 Å². The molecule has 1 aromatic heterocycles. The van der Waals surface area contributed by atoms with Crippen LogP contribution in [-0.4, -0.2) is 0 Å². The van der Waals surface area contributed by atoms with Crippen LogP contribution in [0.3, 0.4) is 0 Å². The normalized spacial score (nSPS) is 11.3. The summed E-state index contributed by atoms with van der Waals surface area (Å²) in [5, 5.41) is 5.14. The standard InChI is InChI=1S/C52H35NS/c1-2-13-36(14-3-1)37-31-33-42(34-32-37)53(49-24-8-6-20-46(49)47-23-12-26-51-52(47)48-21-7-9-25-50(48)54-51)43-18-10-17-41(35-43)38-27-29-40(30-28-38)45-22-11-16-39-15-4-5-19-44(39)45/h1-35H. The van der Waals surface area contributed by atoms with E-state index in [4.69, 9.17) is 0 Å². The lowest BCUT2D eigenvalue weighted by Crippen LogP contribution is -2.11. The summed E-state index contributed by atoms with van der Waals surface area (Å²) in [6.07, 6.45) is 0. The number of thiophene rings is 1. The molecule has 9 aromatic carbocycles. The first kappa shape index (κ1) is 32.0. The zero-order chi connectivity index (χ0) is 35.8. The van der Waals surface area contributed by atoms with Gasteiger partial charge < -0.3 is 4.90 Å². The Morgan fingerprint density at radius 3 is 1.74 bits per heavy atom. The lowest BCUT2D eigenvalue weighted by molar-refractivity contribution is 1.28. The average molecular weight is 706 g/mol. The Hall–Kier alpha value is -6.74. The molecule has 0 radical (unpaired) electrons. The van der Waals surface area contributed by atoms with Crippen molar-refractivity contribution in [3.05, 3.63) is 212 Å². The van der Waals surface area contributed by atoms with Crippen LogP contribution in [0, 0.1) is 0 Å². The van der Waals surface area contributed by atoms with E-state index in [1.807, 2.05) is 11.3 Å². The molecule has 54 heavy (non-hydrogen) atoms. The van der Waals surface area contributed by atoms with Crippen molar-refractivity contribution in [2.45, 2.75) is 0 Å². The van der Waals surface area contributed by atoms with Crippen molar-refractivity contribution in [3.8, 4) is 44.5 Å². The third-order valence-corrected chi connectivity index (χ3v) is 11.6. The molecule has 0 spiro atoms. The van der Waals surface area contributed by atoms with Gasteiger partial charge in [-0.05, 0) is 92.2 Å². The number of fused-ring (bicyclic) bond motifs is 4. The fourth-order valence-electron chi connectivity index (χ4n) is 7.90. The summed E-state index contributed by atoms with van der Waals surface area (Å²) in [6.45, 7) is 0. The predicted octanol–water partition coefficient (Wildman–Crippen LogP) is 15.3. The van der Waals surface area contributed by atoms with Crippen LogP contribution in [-0.2, 0) is 0 Å². The quantitative estimate of drug-likeness (QED) is 0.160. The molecule has 0 aliphatic rings. The molecule has 1 nitrogen and oxygen atoms in total. The third kappa shape index (κ3) is 5.74. The first-order chi connectivity index (χ1) is 26.8. The van der Waals surface area contributed by atoms with E-state index in [0.29, 0.717) is 0 Å². The molecule has 10 aromatic rings. The number of hydrogen-bond acceptors (Lipinski definition) is 2. The van der Waals surface area contributed by atoms with Crippen molar-refractivity contribution < 1.29 is 0 Å². The lowest BCUT2D eigenvalue weighted by Gasteiger charge is -2.28. The topological polar surface area (TPSA) is 3.24 Å². The van der Waals surface area contributed by atoms with Crippen molar-refractivity contribution in [2.24, 2.45) is 0 Å². The summed E-state index contributed by atoms with van der Waals surface area (Å²) in [5.41, 5.74) is 13.0. The molecule has 0 fully saturated rings. The number of anilines is 3. The molecule has 0 aliphatic heterocycles. The molecular weight excluding hydrogens is 671 g/mol. The zero-order valence-corrected chi connectivity index (χ0v) is 30.4. The van der Waals surface area contributed by atoms with Crippen LogP contribution in [0.15, 0.2) is 212 Å². The molecule has 0 saturated carbocycles. The number of hydrogen-bond donors (Lipinski definition) is 0. The number of nitrogens with zero attached hydrogens (tertiary/aromatic N) is 1. The Morgan fingerprint density at radius 1 is 0.315 bits per heavy atom. The van der Waals surface area contributed by atoms with Crippen molar-refractivity contribution in [1.82, 2.24) is 0 Å². The molecule has 0 unspecified atom stereocenters. The molecule has 0 atom stereocenters. The fraction of sp³-hybridized carbons (Fsp3) is 0. The first-order valence-corrected chi connectivity index (χ1v) is 19.2. The van der Waals surface area contributed by atoms with E-state index < -0.39 is 0 Å². The number of benzene rings is 9. The van der Waals surface area contributed by atoms with Crippen LogP contribution >= 0.6 is 11.3 Å². The molecule has 10 rings (SSSR count). The highest BCUT2D eigenvalue weighted by molar-refractivity contribution is 7.25. The van der Waals surface area contributed by atoms with Crippen molar-refractivity contribution in [2.75, 3.05) is 4.90 Å². The van der Waals surface area contributed by atoms with Crippen LogP contribution in [0.1, 0.15) is 0 Å². The maximum atomic E-state index is 2.42. The van der Waals surface area contributed by atoms with Crippen molar-refractivity contribution >= 4 is 59.3 Å². The predicted molar refractivity (Wildman–Crippen MR) is 233 cm³/mol. The molecule has 0 bridgehead atoms. The summed E-state index contributed by atoms with van der Waals surface area (Å²) in [7, 11) is 0. The van der Waals surface area contributed by atoms with E-state index in [-0.39, 0.29) is 0 Å². The molecule has 0 aliphatic carbocycles. The molecule has 254 valence electrons. The maximum absolute atomic E-state index is 2.42. The van der Waals surface area contributed by atoms with E-state index >= 15 is 0 Å². The summed E-state index contributed by atoms with van der Waals surface area (Å²) in [4.78, 5) is 2.42. The van der Waals surface area contributed by atoms with E-state index in [9.17, 15) is 0 Å². The monoisotopic (exact) mass is 705 g/mol. The van der Waals surface area contributed by atoms with Gasteiger partial charge in [0, 0.05) is 37.1 Å². The van der Waals surface area contributed by atoms with Crippen LogP contribution < -0.4 is 4.90 Å². The summed E-state index contributed by atoms with van der Waals surface area (Å²) in [6, 6.07) is 77.1. The average Bonchev–Trinajstić information content (AvgIpc) is 3.64. The number of rotatable bonds is 7. The number of para-hydroxylation sites is 1. The minimum atomic E-state index is 1.10. The third-order valence-electron chi connectivity index (χ3n) is 10.5. The highest BCUT2D eigenvalue weighted by Crippen LogP contribution is 2.46. The van der Waals surface area contributed by atoms with Gasteiger partial charge in [-0.1, -0.05) is 170 Å². The van der Waals surface area contributed by atoms with E-state index in [1.165, 1.54) is 75.5 Å². The SMILES string of the molecule is c1ccc(-c2ccc(N(c3cccc(-c4ccc(-c5cccc6ccccc56)cc4)c3)c3ccccc3-c3cccc4sc5ccccc5c34)cc2)cc1. The highest BCUT2D eigenvalue weighted by Gasteiger charge is 2.20. The second-order valence-electron chi connectivity index (χ2n) is 13.7. The van der Waals surface area contributed by atoms with Gasteiger partial charge in [-0.15, -0.1) is 11.3 Å². The van der Waals surface area contributed by atoms with Crippen LogP contribution in [0.4, 0.5) is 17.1 Å². The Bertz CT molecular complexity index is 2920. The Morgan fingerprint density at radius 2 is 0.870 bits per heavy atom. The summed E-state index contributed by atoms with van der Waals surface area (Å²) in [5.74, 6) is 0. The second kappa shape index (κ2) is 13.7. The zero-order valence-electron chi connectivity index (χ0n) is 29.6. The van der Waals surface area contributed by atoms with Crippen molar-refractivity contribution in [3.63, 3.8) is 0 Å². The Labute approximate surface area is 319 Å². The largest absolute Gasteiger partial charge is 0.310 e. The first-order valence-electron chi connectivity index (χ1n) is 18.4. The fourth-order valence-corrected chi connectivity index (χ4v) is 9.03. The van der Waals surface area contributed by atoms with Gasteiger partial charge in [0.25, 0.3) is 0 Å². The van der Waals surface area contributed by atoms with Gasteiger partial charge in [0.1, 0.15) is 0 Å². The second-order valence-corrected chi connectivity index (χ2v) is 14.8. The Kier molecular flexibility index (Phi) is 8.09. The minimum absolute atomic E-state index is 1.10. The molecular formula is C52H35NS. The molecule has 0 N–H and O–H groups in total. The summed E-state index contributed by atoms with van der Waals surface area (Å²) < 4.78 is 2.61. The Balaban J connectivity index is 1.11. The van der Waals surface area contributed by atoms with E-state index in [2.05, 4.69) is 217 Å². The van der Waals surface area contributed by atoms with Crippen molar-refractivity contribution in [1.29, 1.82) is 0 Å². The van der Waals surface area contributed by atoms with Crippen LogP contribution in [0.25, 0.3) is 75.5 Å². The van der Waals surface area contributed by atoms with Crippen LogP contribution in [0.5, 0.6) is 0 Å². The smallest absolute Gasteiger partial charge is 0.0540 e. The highest BCUT2D eigenvalue weighted by atomic mass is 32.1. The van der Waals surface area contributed by atoms with E-state index in [1.54, 1.807) is 0 Å². The summed E-state index contributed by atoms with van der Waals surface area (Å²) >= 11 is 1.86. The van der Waals surface area contributed by atoms with Gasteiger partial charge in [-0.25, -0.2) is 0 Å². The van der Waals surface area contributed by atoms with Crippen LogP contribution in [0.2, 0.25) is 0 Å². The molecule has 0 saturated heterocycles. The van der Waals surface area contributed by atoms with Gasteiger partial charge in [0.2, 0.25) is 0 Å². The van der Waals surface area contributed by atoms with Gasteiger partial charge in [-0.2, -0.15) is 0 Å².